The minimum atomic E-state index is -0.477. The van der Waals surface area contributed by atoms with Gasteiger partial charge in [-0.15, -0.1) is 0 Å². The lowest BCUT2D eigenvalue weighted by Gasteiger charge is -2.29. The molecule has 1 heterocycles. The number of ketones is 1. The van der Waals surface area contributed by atoms with E-state index < -0.39 is 5.54 Å². The summed E-state index contributed by atoms with van der Waals surface area (Å²) in [5.74, 6) is 0.147. The molecule has 1 aliphatic heterocycles. The van der Waals surface area contributed by atoms with Gasteiger partial charge in [-0.05, 0) is 20.3 Å². The van der Waals surface area contributed by atoms with Crippen molar-refractivity contribution in [1.29, 1.82) is 0 Å². The molecule has 0 spiro atoms. The van der Waals surface area contributed by atoms with Gasteiger partial charge in [-0.25, -0.2) is 0 Å². The Morgan fingerprint density at radius 1 is 1.62 bits per heavy atom. The Morgan fingerprint density at radius 3 is 2.85 bits per heavy atom. The van der Waals surface area contributed by atoms with Crippen molar-refractivity contribution < 1.29 is 4.79 Å². The Hall–Kier alpha value is -0.930. The quantitative estimate of drug-likeness (QED) is 0.667. The topological polar surface area (TPSA) is 45.0 Å². The van der Waals surface area contributed by atoms with Gasteiger partial charge in [0, 0.05) is 6.54 Å². The van der Waals surface area contributed by atoms with Crippen LogP contribution in [-0.2, 0) is 4.79 Å². The number of hydrogen-bond donors (Lipinski definition) is 0. The lowest BCUT2D eigenvalue weighted by Crippen LogP contribution is -2.48. The molecule has 4 nitrogen and oxygen atoms in total. The number of Topliss-reactive ketones (excluding diaryl/α,β-unsaturated/α-hetero) is 1. The van der Waals surface area contributed by atoms with Crippen LogP contribution in [0.4, 0.5) is 0 Å². The van der Waals surface area contributed by atoms with Crippen LogP contribution in [0.15, 0.2) is 10.3 Å². The fourth-order valence-electron chi connectivity index (χ4n) is 1.32. The second kappa shape index (κ2) is 3.85. The van der Waals surface area contributed by atoms with Crippen molar-refractivity contribution in [3.05, 3.63) is 0 Å². The van der Waals surface area contributed by atoms with Crippen LogP contribution in [0.25, 0.3) is 0 Å². The zero-order valence-corrected chi connectivity index (χ0v) is 8.58. The highest BCUT2D eigenvalue weighted by Crippen LogP contribution is 2.23. The van der Waals surface area contributed by atoms with Crippen molar-refractivity contribution in [1.82, 2.24) is 5.01 Å². The van der Waals surface area contributed by atoms with Gasteiger partial charge in [-0.1, -0.05) is 18.6 Å². The summed E-state index contributed by atoms with van der Waals surface area (Å²) in [5, 5.41) is 9.73. The fraction of sp³-hybridized carbons (Fsp3) is 0.889. The van der Waals surface area contributed by atoms with Crippen LogP contribution in [0, 0.1) is 0 Å². The number of rotatable bonds is 4. The van der Waals surface area contributed by atoms with Crippen molar-refractivity contribution >= 4 is 5.78 Å². The normalized spacial score (nSPS) is 26.8. The third-order valence-electron chi connectivity index (χ3n) is 2.60. The van der Waals surface area contributed by atoms with E-state index in [0.29, 0.717) is 6.54 Å². The molecule has 74 valence electrons. The molecule has 0 saturated carbocycles. The summed E-state index contributed by atoms with van der Waals surface area (Å²) in [5.41, 5.74) is -0.477. The summed E-state index contributed by atoms with van der Waals surface area (Å²) in [6.07, 6.45) is 2.17. The van der Waals surface area contributed by atoms with Crippen molar-refractivity contribution in [2.45, 2.75) is 39.2 Å². The van der Waals surface area contributed by atoms with Gasteiger partial charge in [0.15, 0.2) is 5.78 Å². The van der Waals surface area contributed by atoms with E-state index in [4.69, 9.17) is 0 Å². The zero-order chi connectivity index (χ0) is 9.90. The number of hydrogen-bond acceptors (Lipinski definition) is 4. The van der Waals surface area contributed by atoms with E-state index in [-0.39, 0.29) is 5.78 Å². The van der Waals surface area contributed by atoms with E-state index >= 15 is 0 Å². The molecule has 0 amide bonds. The summed E-state index contributed by atoms with van der Waals surface area (Å²) in [6, 6.07) is 0. The Kier molecular flexibility index (Phi) is 3.01. The lowest BCUT2D eigenvalue weighted by atomic mass is 9.97. The number of carbonyl (C=O) groups is 1. The average Bonchev–Trinajstić information content (AvgIpc) is 2.45. The third-order valence-corrected chi connectivity index (χ3v) is 2.60. The predicted molar refractivity (Wildman–Crippen MR) is 50.4 cm³/mol. The van der Waals surface area contributed by atoms with Gasteiger partial charge in [0.1, 0.15) is 5.54 Å². The van der Waals surface area contributed by atoms with Gasteiger partial charge < -0.3 is 0 Å². The standard InChI is InChI=1S/C9H17N3O/c1-4-5-6-12-9(3,8(2)13)7-10-11-12/h4-7H2,1-3H3. The highest BCUT2D eigenvalue weighted by Gasteiger charge is 2.39. The molecule has 0 saturated heterocycles. The predicted octanol–water partition coefficient (Wildman–Crippen LogP) is 1.82. The van der Waals surface area contributed by atoms with Crippen LogP contribution in [0.2, 0.25) is 0 Å². The summed E-state index contributed by atoms with van der Waals surface area (Å²) in [7, 11) is 0. The van der Waals surface area contributed by atoms with Gasteiger partial charge in [-0.3, -0.25) is 9.80 Å². The van der Waals surface area contributed by atoms with Gasteiger partial charge in [-0.2, -0.15) is 5.11 Å². The largest absolute Gasteiger partial charge is 0.297 e. The molecule has 1 rings (SSSR count). The molecule has 0 bridgehead atoms. The number of nitrogens with zero attached hydrogens (tertiary/aromatic N) is 3. The maximum atomic E-state index is 11.4. The summed E-state index contributed by atoms with van der Waals surface area (Å²) in [6.45, 7) is 6.97. The Balaban J connectivity index is 2.61. The van der Waals surface area contributed by atoms with Crippen LogP contribution in [-0.4, -0.2) is 29.4 Å². The highest BCUT2D eigenvalue weighted by atomic mass is 16.1. The smallest absolute Gasteiger partial charge is 0.158 e. The Labute approximate surface area is 79.0 Å². The minimum absolute atomic E-state index is 0.147. The SMILES string of the molecule is CCCCN1N=NCC1(C)C(C)=O. The molecule has 0 aromatic heterocycles. The molecule has 1 unspecified atom stereocenters. The van der Waals surface area contributed by atoms with Crippen molar-refractivity contribution in [2.75, 3.05) is 13.1 Å². The molecule has 0 fully saturated rings. The van der Waals surface area contributed by atoms with E-state index in [9.17, 15) is 4.79 Å². The van der Waals surface area contributed by atoms with Crippen LogP contribution < -0.4 is 0 Å². The van der Waals surface area contributed by atoms with Gasteiger partial charge in [0.25, 0.3) is 0 Å². The number of unbranched alkanes of at least 4 members (excludes halogenated alkanes) is 1. The van der Waals surface area contributed by atoms with Crippen molar-refractivity contribution in [3.8, 4) is 0 Å². The third kappa shape index (κ3) is 1.87. The maximum absolute atomic E-state index is 11.4. The monoisotopic (exact) mass is 183 g/mol. The zero-order valence-electron chi connectivity index (χ0n) is 8.58. The molecule has 4 heteroatoms. The van der Waals surface area contributed by atoms with Crippen molar-refractivity contribution in [3.63, 3.8) is 0 Å². The first-order chi connectivity index (χ1) is 6.11. The first kappa shape index (κ1) is 10.2. The lowest BCUT2D eigenvalue weighted by molar-refractivity contribution is -0.126. The van der Waals surface area contributed by atoms with E-state index in [1.165, 1.54) is 0 Å². The van der Waals surface area contributed by atoms with E-state index in [1.807, 2.05) is 11.9 Å². The van der Waals surface area contributed by atoms with E-state index in [2.05, 4.69) is 17.3 Å². The second-order valence-corrected chi connectivity index (χ2v) is 3.70. The molecular formula is C9H17N3O. The first-order valence-electron chi connectivity index (χ1n) is 4.77. The average molecular weight is 183 g/mol. The van der Waals surface area contributed by atoms with Gasteiger partial charge in [0.05, 0.1) is 6.54 Å². The van der Waals surface area contributed by atoms with Crippen LogP contribution in [0.5, 0.6) is 0 Å². The summed E-state index contributed by atoms with van der Waals surface area (Å²) < 4.78 is 0. The van der Waals surface area contributed by atoms with Crippen molar-refractivity contribution in [2.24, 2.45) is 10.3 Å². The highest BCUT2D eigenvalue weighted by molar-refractivity contribution is 5.86. The molecule has 13 heavy (non-hydrogen) atoms. The van der Waals surface area contributed by atoms with Gasteiger partial charge >= 0.3 is 0 Å². The maximum Gasteiger partial charge on any atom is 0.158 e. The Morgan fingerprint density at radius 2 is 2.31 bits per heavy atom. The molecule has 0 aromatic rings. The van der Waals surface area contributed by atoms with Crippen LogP contribution in [0.1, 0.15) is 33.6 Å². The second-order valence-electron chi connectivity index (χ2n) is 3.70. The Bertz CT molecular complexity index is 227. The molecule has 0 aliphatic carbocycles. The first-order valence-corrected chi connectivity index (χ1v) is 4.77. The van der Waals surface area contributed by atoms with Crippen LogP contribution in [0.3, 0.4) is 0 Å². The number of carbonyl (C=O) groups excluding carboxylic acids is 1. The molecular weight excluding hydrogens is 166 g/mol. The molecule has 0 radical (unpaired) electrons. The molecule has 1 aliphatic rings. The van der Waals surface area contributed by atoms with Crippen LogP contribution >= 0.6 is 0 Å². The van der Waals surface area contributed by atoms with E-state index in [1.54, 1.807) is 6.92 Å². The molecule has 0 aromatic carbocycles. The van der Waals surface area contributed by atoms with E-state index in [0.717, 1.165) is 19.4 Å². The van der Waals surface area contributed by atoms with Gasteiger partial charge in [0.2, 0.25) is 0 Å². The summed E-state index contributed by atoms with van der Waals surface area (Å²) in [4.78, 5) is 11.4. The minimum Gasteiger partial charge on any atom is -0.297 e. The molecule has 1 atom stereocenters. The summed E-state index contributed by atoms with van der Waals surface area (Å²) >= 11 is 0. The molecule has 0 N–H and O–H groups in total. The fourth-order valence-corrected chi connectivity index (χ4v) is 1.32.